The summed E-state index contributed by atoms with van der Waals surface area (Å²) in [5, 5.41) is 0. The molecule has 1 saturated heterocycles. The first-order chi connectivity index (χ1) is 15.6. The molecule has 0 atom stereocenters. The lowest BCUT2D eigenvalue weighted by molar-refractivity contribution is -0.131. The Morgan fingerprint density at radius 3 is 2.56 bits per heavy atom. The minimum atomic E-state index is -0.531. The SMILES string of the molecule is O=C(Cn1c(=O)n(Cc2ccc3c(c2)OCO3)c(=O)c2ncccc21)N1CCCCCC1. The van der Waals surface area contributed by atoms with Crippen molar-refractivity contribution in [3.05, 3.63) is 62.9 Å². The van der Waals surface area contributed by atoms with Gasteiger partial charge in [-0.05, 0) is 42.7 Å². The first kappa shape index (κ1) is 20.3. The van der Waals surface area contributed by atoms with E-state index in [2.05, 4.69) is 4.98 Å². The number of pyridine rings is 1. The zero-order chi connectivity index (χ0) is 22.1. The van der Waals surface area contributed by atoms with Crippen LogP contribution in [0.1, 0.15) is 31.2 Å². The normalized spacial score (nSPS) is 15.7. The Morgan fingerprint density at radius 1 is 0.969 bits per heavy atom. The number of rotatable bonds is 4. The van der Waals surface area contributed by atoms with E-state index in [4.69, 9.17) is 9.47 Å². The molecule has 1 amide bonds. The Labute approximate surface area is 183 Å². The number of hydrogen-bond acceptors (Lipinski definition) is 6. The standard InChI is InChI=1S/C23H24N4O5/c28-20(25-10-3-1-2-4-11-25)14-26-17-6-5-9-24-21(17)22(29)27(23(26)30)13-16-7-8-18-19(12-16)32-15-31-18/h5-9,12H,1-4,10-11,13-15H2. The van der Waals surface area contributed by atoms with Gasteiger partial charge in [-0.15, -0.1) is 0 Å². The molecule has 2 aliphatic heterocycles. The van der Waals surface area contributed by atoms with Crippen LogP contribution in [0.5, 0.6) is 11.5 Å². The molecule has 4 heterocycles. The molecule has 0 saturated carbocycles. The third kappa shape index (κ3) is 3.74. The van der Waals surface area contributed by atoms with E-state index >= 15 is 0 Å². The summed E-state index contributed by atoms with van der Waals surface area (Å²) in [6, 6.07) is 8.61. The number of carbonyl (C=O) groups is 1. The highest BCUT2D eigenvalue weighted by Gasteiger charge is 2.21. The zero-order valence-electron chi connectivity index (χ0n) is 17.7. The first-order valence-corrected chi connectivity index (χ1v) is 10.9. The summed E-state index contributed by atoms with van der Waals surface area (Å²) in [6.07, 6.45) is 5.66. The van der Waals surface area contributed by atoms with Crippen molar-refractivity contribution in [3.63, 3.8) is 0 Å². The van der Waals surface area contributed by atoms with Gasteiger partial charge in [0.15, 0.2) is 17.0 Å². The van der Waals surface area contributed by atoms with Crippen LogP contribution < -0.4 is 20.7 Å². The van der Waals surface area contributed by atoms with Crippen LogP contribution in [-0.4, -0.2) is 44.8 Å². The van der Waals surface area contributed by atoms with Crippen LogP contribution in [0.3, 0.4) is 0 Å². The summed E-state index contributed by atoms with van der Waals surface area (Å²) in [6.45, 7) is 1.45. The molecule has 1 fully saturated rings. The monoisotopic (exact) mass is 436 g/mol. The Bertz CT molecular complexity index is 1290. The van der Waals surface area contributed by atoms with E-state index in [1.807, 2.05) is 4.90 Å². The van der Waals surface area contributed by atoms with E-state index in [0.717, 1.165) is 30.3 Å². The highest BCUT2D eigenvalue weighted by molar-refractivity contribution is 5.79. The molecule has 2 aromatic heterocycles. The summed E-state index contributed by atoms with van der Waals surface area (Å²) >= 11 is 0. The molecule has 0 spiro atoms. The van der Waals surface area contributed by atoms with Crippen LogP contribution in [-0.2, 0) is 17.9 Å². The molecule has 166 valence electrons. The van der Waals surface area contributed by atoms with Crippen LogP contribution in [0.2, 0.25) is 0 Å². The van der Waals surface area contributed by atoms with Crippen LogP contribution in [0.15, 0.2) is 46.1 Å². The summed E-state index contributed by atoms with van der Waals surface area (Å²) in [5.74, 6) is 1.08. The lowest BCUT2D eigenvalue weighted by Gasteiger charge is -2.21. The first-order valence-electron chi connectivity index (χ1n) is 10.9. The minimum absolute atomic E-state index is 0.0404. The number of hydrogen-bond donors (Lipinski definition) is 0. The lowest BCUT2D eigenvalue weighted by atomic mass is 10.2. The summed E-state index contributed by atoms with van der Waals surface area (Å²) in [7, 11) is 0. The average Bonchev–Trinajstić information content (AvgIpc) is 3.10. The number of likely N-dealkylation sites (tertiary alicyclic amines) is 1. The van der Waals surface area contributed by atoms with Gasteiger partial charge >= 0.3 is 5.69 Å². The number of ether oxygens (including phenoxy) is 2. The summed E-state index contributed by atoms with van der Waals surface area (Å²) in [5.41, 5.74) is 0.233. The van der Waals surface area contributed by atoms with Crippen molar-refractivity contribution in [2.24, 2.45) is 0 Å². The smallest absolute Gasteiger partial charge is 0.332 e. The fraction of sp³-hybridized carbons (Fsp3) is 0.391. The summed E-state index contributed by atoms with van der Waals surface area (Å²) in [4.78, 5) is 45.6. The van der Waals surface area contributed by atoms with Gasteiger partial charge < -0.3 is 14.4 Å². The maximum Gasteiger partial charge on any atom is 0.332 e. The molecule has 2 aliphatic rings. The number of fused-ring (bicyclic) bond motifs is 2. The molecule has 0 bridgehead atoms. The molecular formula is C23H24N4O5. The maximum atomic E-state index is 13.4. The lowest BCUT2D eigenvalue weighted by Crippen LogP contribution is -2.44. The number of benzene rings is 1. The number of aromatic nitrogens is 3. The molecular weight excluding hydrogens is 412 g/mol. The van der Waals surface area contributed by atoms with Gasteiger partial charge in [-0.3, -0.25) is 18.7 Å². The fourth-order valence-corrected chi connectivity index (χ4v) is 4.31. The van der Waals surface area contributed by atoms with Crippen molar-refractivity contribution in [2.75, 3.05) is 19.9 Å². The van der Waals surface area contributed by atoms with Crippen molar-refractivity contribution < 1.29 is 14.3 Å². The van der Waals surface area contributed by atoms with Gasteiger partial charge in [0.1, 0.15) is 6.54 Å². The molecule has 32 heavy (non-hydrogen) atoms. The highest BCUT2D eigenvalue weighted by atomic mass is 16.7. The molecule has 1 aromatic carbocycles. The topological polar surface area (TPSA) is 95.7 Å². The molecule has 0 unspecified atom stereocenters. The average molecular weight is 436 g/mol. The predicted molar refractivity (Wildman–Crippen MR) is 117 cm³/mol. The molecule has 0 N–H and O–H groups in total. The van der Waals surface area contributed by atoms with Crippen molar-refractivity contribution in [1.82, 2.24) is 19.0 Å². The van der Waals surface area contributed by atoms with E-state index < -0.39 is 11.2 Å². The highest BCUT2D eigenvalue weighted by Crippen LogP contribution is 2.32. The second kappa shape index (κ2) is 8.49. The Morgan fingerprint density at radius 2 is 1.75 bits per heavy atom. The Hall–Kier alpha value is -3.62. The van der Waals surface area contributed by atoms with Gasteiger partial charge in [0, 0.05) is 19.3 Å². The Balaban J connectivity index is 1.54. The van der Waals surface area contributed by atoms with Crippen LogP contribution >= 0.6 is 0 Å². The number of nitrogens with zero attached hydrogens (tertiary/aromatic N) is 4. The molecule has 5 rings (SSSR count). The van der Waals surface area contributed by atoms with Gasteiger partial charge in [0.2, 0.25) is 12.7 Å². The van der Waals surface area contributed by atoms with E-state index in [9.17, 15) is 14.4 Å². The van der Waals surface area contributed by atoms with Crippen LogP contribution in [0.4, 0.5) is 0 Å². The molecule has 3 aromatic rings. The molecule has 0 aliphatic carbocycles. The van der Waals surface area contributed by atoms with Gasteiger partial charge in [0.25, 0.3) is 5.56 Å². The zero-order valence-corrected chi connectivity index (χ0v) is 17.7. The third-order valence-corrected chi connectivity index (χ3v) is 6.02. The van der Waals surface area contributed by atoms with Gasteiger partial charge in [-0.1, -0.05) is 18.9 Å². The number of amides is 1. The van der Waals surface area contributed by atoms with Crippen molar-refractivity contribution in [2.45, 2.75) is 38.8 Å². The van der Waals surface area contributed by atoms with Crippen molar-refractivity contribution in [1.29, 1.82) is 0 Å². The van der Waals surface area contributed by atoms with Crippen molar-refractivity contribution >= 4 is 16.9 Å². The van der Waals surface area contributed by atoms with Gasteiger partial charge in [0.05, 0.1) is 12.1 Å². The molecule has 9 heteroatoms. The third-order valence-electron chi connectivity index (χ3n) is 6.02. The van der Waals surface area contributed by atoms with E-state index in [0.29, 0.717) is 35.7 Å². The van der Waals surface area contributed by atoms with Gasteiger partial charge in [-0.25, -0.2) is 9.78 Å². The quantitative estimate of drug-likeness (QED) is 0.618. The maximum absolute atomic E-state index is 13.4. The Kier molecular flexibility index (Phi) is 5.38. The van der Waals surface area contributed by atoms with Crippen LogP contribution in [0, 0.1) is 0 Å². The largest absolute Gasteiger partial charge is 0.454 e. The summed E-state index contributed by atoms with van der Waals surface area (Å²) < 4.78 is 13.2. The number of carbonyl (C=O) groups excluding carboxylic acids is 1. The molecule has 9 nitrogen and oxygen atoms in total. The van der Waals surface area contributed by atoms with Crippen molar-refractivity contribution in [3.8, 4) is 11.5 Å². The fourth-order valence-electron chi connectivity index (χ4n) is 4.31. The predicted octanol–water partition coefficient (Wildman–Crippen LogP) is 1.74. The van der Waals surface area contributed by atoms with Gasteiger partial charge in [-0.2, -0.15) is 0 Å². The minimum Gasteiger partial charge on any atom is -0.454 e. The van der Waals surface area contributed by atoms with E-state index in [-0.39, 0.29) is 31.3 Å². The molecule has 0 radical (unpaired) electrons. The van der Waals surface area contributed by atoms with E-state index in [1.54, 1.807) is 30.3 Å². The van der Waals surface area contributed by atoms with E-state index in [1.165, 1.54) is 10.8 Å². The van der Waals surface area contributed by atoms with Crippen LogP contribution in [0.25, 0.3) is 11.0 Å². The second-order valence-electron chi connectivity index (χ2n) is 8.11. The second-order valence-corrected chi connectivity index (χ2v) is 8.11.